The average molecular weight is 285 g/mol. The molecule has 0 radical (unpaired) electrons. The van der Waals surface area contributed by atoms with Crippen molar-refractivity contribution >= 4 is 23.3 Å². The lowest BCUT2D eigenvalue weighted by Gasteiger charge is -2.24. The Labute approximate surface area is 119 Å². The van der Waals surface area contributed by atoms with Crippen LogP contribution in [0.5, 0.6) is 0 Å². The number of carbonyl (C=O) groups excluding carboxylic acids is 1. The van der Waals surface area contributed by atoms with Crippen molar-refractivity contribution in [2.45, 2.75) is 53.1 Å². The van der Waals surface area contributed by atoms with E-state index in [0.717, 1.165) is 11.4 Å². The summed E-state index contributed by atoms with van der Waals surface area (Å²) in [6.45, 7) is 11.2. The van der Waals surface area contributed by atoms with E-state index < -0.39 is 6.04 Å². The number of aromatic nitrogens is 2. The maximum absolute atomic E-state index is 12.0. The van der Waals surface area contributed by atoms with E-state index in [-0.39, 0.29) is 16.6 Å². The Kier molecular flexibility index (Phi) is 4.74. The fourth-order valence-corrected chi connectivity index (χ4v) is 1.64. The highest BCUT2D eigenvalue weighted by atomic mass is 35.5. The SMILES string of the molecule is Cc1nc(Cl)c(NC(C)C(=O)NC(C)(C)C)nc1C. The molecule has 2 N–H and O–H groups in total. The molecule has 0 bridgehead atoms. The molecule has 0 fully saturated rings. The van der Waals surface area contributed by atoms with Crippen LogP contribution in [0.25, 0.3) is 0 Å². The van der Waals surface area contributed by atoms with Crippen molar-refractivity contribution in [2.24, 2.45) is 0 Å². The fourth-order valence-electron chi connectivity index (χ4n) is 1.42. The topological polar surface area (TPSA) is 66.9 Å². The van der Waals surface area contributed by atoms with Gasteiger partial charge in [0.25, 0.3) is 0 Å². The molecule has 1 aromatic heterocycles. The van der Waals surface area contributed by atoms with Gasteiger partial charge in [-0.05, 0) is 41.5 Å². The van der Waals surface area contributed by atoms with Gasteiger partial charge in [-0.1, -0.05) is 11.6 Å². The summed E-state index contributed by atoms with van der Waals surface area (Å²) in [7, 11) is 0. The van der Waals surface area contributed by atoms with Crippen molar-refractivity contribution in [1.29, 1.82) is 0 Å². The van der Waals surface area contributed by atoms with E-state index >= 15 is 0 Å². The van der Waals surface area contributed by atoms with E-state index in [9.17, 15) is 4.79 Å². The molecule has 1 amide bonds. The van der Waals surface area contributed by atoms with Gasteiger partial charge in [0.1, 0.15) is 6.04 Å². The first-order valence-electron chi connectivity index (χ1n) is 6.19. The van der Waals surface area contributed by atoms with Gasteiger partial charge in [0.15, 0.2) is 11.0 Å². The van der Waals surface area contributed by atoms with Crippen molar-refractivity contribution in [2.75, 3.05) is 5.32 Å². The van der Waals surface area contributed by atoms with Crippen molar-refractivity contribution in [3.8, 4) is 0 Å². The molecule has 106 valence electrons. The number of carbonyl (C=O) groups is 1. The summed E-state index contributed by atoms with van der Waals surface area (Å²) in [6, 6.07) is -0.437. The van der Waals surface area contributed by atoms with Crippen LogP contribution in [0.3, 0.4) is 0 Å². The predicted octanol–water partition coefficient (Wildman–Crippen LogP) is 2.46. The summed E-state index contributed by atoms with van der Waals surface area (Å²) in [5, 5.41) is 6.15. The molecular weight excluding hydrogens is 264 g/mol. The van der Waals surface area contributed by atoms with Crippen molar-refractivity contribution < 1.29 is 4.79 Å². The fraction of sp³-hybridized carbons (Fsp3) is 0.615. The van der Waals surface area contributed by atoms with E-state index in [1.165, 1.54) is 0 Å². The number of anilines is 1. The molecule has 0 saturated heterocycles. The summed E-state index contributed by atoms with van der Waals surface area (Å²) in [5.74, 6) is 0.324. The average Bonchev–Trinajstić information content (AvgIpc) is 2.23. The summed E-state index contributed by atoms with van der Waals surface area (Å²) >= 11 is 6.02. The van der Waals surface area contributed by atoms with Crippen LogP contribution in [0.1, 0.15) is 39.1 Å². The van der Waals surface area contributed by atoms with Gasteiger partial charge in [-0.3, -0.25) is 4.79 Å². The number of hydrogen-bond acceptors (Lipinski definition) is 4. The highest BCUT2D eigenvalue weighted by molar-refractivity contribution is 6.31. The molecule has 0 aromatic carbocycles. The maximum Gasteiger partial charge on any atom is 0.242 e. The third kappa shape index (κ3) is 4.67. The van der Waals surface area contributed by atoms with E-state index in [0.29, 0.717) is 5.82 Å². The molecule has 0 aliphatic carbocycles. The second kappa shape index (κ2) is 5.74. The Hall–Kier alpha value is -1.36. The Bertz CT molecular complexity index is 482. The minimum Gasteiger partial charge on any atom is -0.356 e. The number of nitrogens with one attached hydrogen (secondary N) is 2. The van der Waals surface area contributed by atoms with Crippen LogP contribution in [0.4, 0.5) is 5.82 Å². The Morgan fingerprint density at radius 3 is 2.26 bits per heavy atom. The number of nitrogens with zero attached hydrogens (tertiary/aromatic N) is 2. The molecule has 6 heteroatoms. The van der Waals surface area contributed by atoms with Gasteiger partial charge in [0.05, 0.1) is 11.4 Å². The standard InChI is InChI=1S/C13H21ClN4O/c1-7-8(2)16-11(10(14)15-7)17-9(3)12(19)18-13(4,5)6/h9H,1-6H3,(H,16,17)(H,18,19). The second-order valence-electron chi connectivity index (χ2n) is 5.64. The largest absolute Gasteiger partial charge is 0.356 e. The molecule has 0 spiro atoms. The van der Waals surface area contributed by atoms with Crippen molar-refractivity contribution in [1.82, 2.24) is 15.3 Å². The molecule has 1 unspecified atom stereocenters. The molecule has 1 atom stereocenters. The minimum atomic E-state index is -0.437. The van der Waals surface area contributed by atoms with Crippen LogP contribution in [-0.2, 0) is 4.79 Å². The zero-order valence-corrected chi connectivity index (χ0v) is 13.0. The molecule has 19 heavy (non-hydrogen) atoms. The summed E-state index contributed by atoms with van der Waals surface area (Å²) < 4.78 is 0. The molecule has 1 rings (SSSR count). The number of amides is 1. The van der Waals surface area contributed by atoms with Gasteiger partial charge in [0, 0.05) is 5.54 Å². The summed E-state index contributed by atoms with van der Waals surface area (Å²) in [6.07, 6.45) is 0. The molecule has 0 aliphatic heterocycles. The number of hydrogen-bond donors (Lipinski definition) is 2. The third-order valence-electron chi connectivity index (χ3n) is 2.51. The molecule has 0 saturated carbocycles. The first-order valence-corrected chi connectivity index (χ1v) is 6.57. The van der Waals surface area contributed by atoms with Crippen molar-refractivity contribution in [3.63, 3.8) is 0 Å². The molecular formula is C13H21ClN4O. The van der Waals surface area contributed by atoms with Crippen LogP contribution in [0.15, 0.2) is 0 Å². The number of halogens is 1. The first kappa shape index (κ1) is 15.7. The van der Waals surface area contributed by atoms with E-state index in [4.69, 9.17) is 11.6 Å². The second-order valence-corrected chi connectivity index (χ2v) is 6.00. The van der Waals surface area contributed by atoms with Gasteiger partial charge in [0.2, 0.25) is 5.91 Å². The molecule has 0 aliphatic rings. The van der Waals surface area contributed by atoms with Gasteiger partial charge in [-0.15, -0.1) is 0 Å². The number of rotatable bonds is 3. The summed E-state index contributed by atoms with van der Waals surface area (Å²) in [4.78, 5) is 20.4. The predicted molar refractivity (Wildman–Crippen MR) is 77.5 cm³/mol. The highest BCUT2D eigenvalue weighted by Crippen LogP contribution is 2.19. The van der Waals surface area contributed by atoms with E-state index in [1.807, 2.05) is 34.6 Å². The van der Waals surface area contributed by atoms with Crippen LogP contribution < -0.4 is 10.6 Å². The monoisotopic (exact) mass is 284 g/mol. The van der Waals surface area contributed by atoms with E-state index in [2.05, 4.69) is 20.6 Å². The molecule has 5 nitrogen and oxygen atoms in total. The molecule has 1 aromatic rings. The third-order valence-corrected chi connectivity index (χ3v) is 2.77. The van der Waals surface area contributed by atoms with Gasteiger partial charge in [-0.2, -0.15) is 0 Å². The lowest BCUT2D eigenvalue weighted by atomic mass is 10.1. The number of aryl methyl sites for hydroxylation is 2. The lowest BCUT2D eigenvalue weighted by molar-refractivity contribution is -0.122. The maximum atomic E-state index is 12.0. The summed E-state index contributed by atoms with van der Waals surface area (Å²) in [5.41, 5.74) is 1.30. The lowest BCUT2D eigenvalue weighted by Crippen LogP contribution is -2.47. The minimum absolute atomic E-state index is 0.108. The quantitative estimate of drug-likeness (QED) is 0.895. The zero-order chi connectivity index (χ0) is 14.8. The van der Waals surface area contributed by atoms with Crippen LogP contribution >= 0.6 is 11.6 Å². The Balaban J connectivity index is 2.80. The van der Waals surface area contributed by atoms with Gasteiger partial charge >= 0.3 is 0 Å². The van der Waals surface area contributed by atoms with Gasteiger partial charge in [-0.25, -0.2) is 9.97 Å². The highest BCUT2D eigenvalue weighted by Gasteiger charge is 2.20. The van der Waals surface area contributed by atoms with E-state index in [1.54, 1.807) is 6.92 Å². The van der Waals surface area contributed by atoms with Crippen LogP contribution in [-0.4, -0.2) is 27.5 Å². The molecule has 1 heterocycles. The Morgan fingerprint density at radius 1 is 1.21 bits per heavy atom. The van der Waals surface area contributed by atoms with Gasteiger partial charge < -0.3 is 10.6 Å². The first-order chi connectivity index (χ1) is 8.60. The smallest absolute Gasteiger partial charge is 0.242 e. The zero-order valence-electron chi connectivity index (χ0n) is 12.3. The van der Waals surface area contributed by atoms with Crippen molar-refractivity contribution in [3.05, 3.63) is 16.5 Å². The van der Waals surface area contributed by atoms with Crippen LogP contribution in [0.2, 0.25) is 5.15 Å². The Morgan fingerprint density at radius 2 is 1.74 bits per heavy atom. The van der Waals surface area contributed by atoms with Crippen LogP contribution in [0, 0.1) is 13.8 Å². The normalized spacial score (nSPS) is 13.0.